The van der Waals surface area contributed by atoms with Crippen molar-refractivity contribution in [2.75, 3.05) is 0 Å². The molecule has 0 fully saturated rings. The minimum absolute atomic E-state index is 0.0251. The molecule has 1 aromatic rings. The first-order valence-electron chi connectivity index (χ1n) is 3.59. The molecule has 0 aromatic heterocycles. The molecule has 2 heteroatoms. The Labute approximate surface area is 64.5 Å². The predicted octanol–water partition coefficient (Wildman–Crippen LogP) is 1.23. The molecule has 11 heavy (non-hydrogen) atoms. The number of benzene rings is 1. The zero-order valence-electron chi connectivity index (χ0n) is 5.95. The Kier molecular flexibility index (Phi) is 1.22. The summed E-state index contributed by atoms with van der Waals surface area (Å²) in [5, 5.41) is 9.25. The van der Waals surface area contributed by atoms with Crippen LogP contribution in [0.1, 0.15) is 17.0 Å². The first-order chi connectivity index (χ1) is 5.33. The summed E-state index contributed by atoms with van der Waals surface area (Å²) < 4.78 is 0. The number of phenols is 1. The highest BCUT2D eigenvalue weighted by Crippen LogP contribution is 2.38. The molecule has 0 saturated heterocycles. The van der Waals surface area contributed by atoms with Crippen LogP contribution in [0.2, 0.25) is 0 Å². The SMILES string of the molecule is O=CC1Cc2c(O)cccc21. The van der Waals surface area contributed by atoms with Crippen LogP contribution in [0.5, 0.6) is 5.75 Å². The van der Waals surface area contributed by atoms with Gasteiger partial charge in [0, 0.05) is 5.92 Å². The minimum Gasteiger partial charge on any atom is -0.508 e. The second-order valence-corrected chi connectivity index (χ2v) is 2.79. The molecule has 1 atom stereocenters. The predicted molar refractivity (Wildman–Crippen MR) is 40.6 cm³/mol. The summed E-state index contributed by atoms with van der Waals surface area (Å²) >= 11 is 0. The molecular weight excluding hydrogens is 140 g/mol. The highest BCUT2D eigenvalue weighted by Gasteiger charge is 2.27. The maximum Gasteiger partial charge on any atom is 0.127 e. The lowest BCUT2D eigenvalue weighted by atomic mass is 9.78. The first kappa shape index (κ1) is 6.40. The van der Waals surface area contributed by atoms with E-state index in [2.05, 4.69) is 0 Å². The standard InChI is InChI=1S/C9H8O2/c10-5-6-4-8-7(6)2-1-3-9(8)11/h1-3,5-6,11H,4H2. The van der Waals surface area contributed by atoms with Crippen LogP contribution in [-0.4, -0.2) is 11.4 Å². The Balaban J connectivity index is 2.48. The van der Waals surface area contributed by atoms with Crippen LogP contribution in [0.4, 0.5) is 0 Å². The average molecular weight is 148 g/mol. The van der Waals surface area contributed by atoms with Gasteiger partial charge in [-0.25, -0.2) is 0 Å². The Morgan fingerprint density at radius 1 is 1.55 bits per heavy atom. The van der Waals surface area contributed by atoms with Gasteiger partial charge in [0.15, 0.2) is 0 Å². The number of phenolic OH excluding ortho intramolecular Hbond substituents is 1. The molecule has 1 unspecified atom stereocenters. The highest BCUT2D eigenvalue weighted by atomic mass is 16.3. The first-order valence-corrected chi connectivity index (χ1v) is 3.59. The van der Waals surface area contributed by atoms with Gasteiger partial charge in [0.1, 0.15) is 12.0 Å². The maximum atomic E-state index is 10.4. The molecule has 1 aliphatic carbocycles. The van der Waals surface area contributed by atoms with Crippen molar-refractivity contribution < 1.29 is 9.90 Å². The molecule has 1 N–H and O–H groups in total. The van der Waals surface area contributed by atoms with E-state index in [1.165, 1.54) is 0 Å². The monoisotopic (exact) mass is 148 g/mol. The molecule has 1 aromatic carbocycles. The quantitative estimate of drug-likeness (QED) is 0.608. The molecule has 2 rings (SSSR count). The Bertz CT molecular complexity index is 304. The molecule has 1 aliphatic rings. The van der Waals surface area contributed by atoms with Crippen LogP contribution < -0.4 is 0 Å². The van der Waals surface area contributed by atoms with Crippen LogP contribution in [0.3, 0.4) is 0 Å². The van der Waals surface area contributed by atoms with Gasteiger partial charge in [0.25, 0.3) is 0 Å². The van der Waals surface area contributed by atoms with Crippen molar-refractivity contribution >= 4 is 6.29 Å². The minimum atomic E-state index is 0.0251. The van der Waals surface area contributed by atoms with Gasteiger partial charge in [0.2, 0.25) is 0 Å². The molecule has 56 valence electrons. The number of rotatable bonds is 1. The number of hydrogen-bond donors (Lipinski definition) is 1. The Morgan fingerprint density at radius 3 is 3.09 bits per heavy atom. The largest absolute Gasteiger partial charge is 0.508 e. The summed E-state index contributed by atoms with van der Waals surface area (Å²) in [7, 11) is 0. The van der Waals surface area contributed by atoms with E-state index < -0.39 is 0 Å². The van der Waals surface area contributed by atoms with Crippen molar-refractivity contribution in [1.82, 2.24) is 0 Å². The van der Waals surface area contributed by atoms with Gasteiger partial charge in [0.05, 0.1) is 0 Å². The van der Waals surface area contributed by atoms with E-state index in [4.69, 9.17) is 0 Å². The van der Waals surface area contributed by atoms with Crippen molar-refractivity contribution in [2.45, 2.75) is 12.3 Å². The van der Waals surface area contributed by atoms with Gasteiger partial charge in [-0.3, -0.25) is 0 Å². The molecule has 0 bridgehead atoms. The molecule has 0 heterocycles. The fourth-order valence-electron chi connectivity index (χ4n) is 1.48. The number of carbonyl (C=O) groups is 1. The molecule has 2 nitrogen and oxygen atoms in total. The van der Waals surface area contributed by atoms with Crippen molar-refractivity contribution in [3.8, 4) is 5.75 Å². The van der Waals surface area contributed by atoms with E-state index in [-0.39, 0.29) is 5.92 Å². The van der Waals surface area contributed by atoms with Gasteiger partial charge in [-0.1, -0.05) is 12.1 Å². The van der Waals surface area contributed by atoms with E-state index in [9.17, 15) is 9.90 Å². The van der Waals surface area contributed by atoms with Crippen molar-refractivity contribution in [1.29, 1.82) is 0 Å². The maximum absolute atomic E-state index is 10.4. The summed E-state index contributed by atoms with van der Waals surface area (Å²) in [4.78, 5) is 10.4. The third kappa shape index (κ3) is 0.755. The second-order valence-electron chi connectivity index (χ2n) is 2.79. The zero-order chi connectivity index (χ0) is 7.84. The summed E-state index contributed by atoms with van der Waals surface area (Å²) in [6.45, 7) is 0. The molecular formula is C9H8O2. The fraction of sp³-hybridized carbons (Fsp3) is 0.222. The molecule has 0 amide bonds. The molecule has 0 aliphatic heterocycles. The van der Waals surface area contributed by atoms with Crippen LogP contribution in [0.15, 0.2) is 18.2 Å². The van der Waals surface area contributed by atoms with E-state index >= 15 is 0 Å². The van der Waals surface area contributed by atoms with E-state index in [1.807, 2.05) is 6.07 Å². The lowest BCUT2D eigenvalue weighted by Gasteiger charge is -2.25. The third-order valence-electron chi connectivity index (χ3n) is 2.18. The zero-order valence-corrected chi connectivity index (χ0v) is 5.95. The van der Waals surface area contributed by atoms with E-state index in [0.29, 0.717) is 12.2 Å². The van der Waals surface area contributed by atoms with E-state index in [1.54, 1.807) is 12.1 Å². The summed E-state index contributed by atoms with van der Waals surface area (Å²) in [6, 6.07) is 5.31. The smallest absolute Gasteiger partial charge is 0.127 e. The summed E-state index contributed by atoms with van der Waals surface area (Å²) in [5.74, 6) is 0.345. The van der Waals surface area contributed by atoms with Crippen molar-refractivity contribution in [3.63, 3.8) is 0 Å². The Hall–Kier alpha value is -1.31. The highest BCUT2D eigenvalue weighted by molar-refractivity contribution is 5.70. The molecule has 0 spiro atoms. The van der Waals surface area contributed by atoms with Crippen LogP contribution in [-0.2, 0) is 11.2 Å². The molecule has 0 radical (unpaired) electrons. The lowest BCUT2D eigenvalue weighted by molar-refractivity contribution is -0.109. The number of aldehydes is 1. The third-order valence-corrected chi connectivity index (χ3v) is 2.18. The number of hydrogen-bond acceptors (Lipinski definition) is 2. The van der Waals surface area contributed by atoms with Crippen LogP contribution in [0, 0.1) is 0 Å². The Morgan fingerprint density at radius 2 is 2.36 bits per heavy atom. The van der Waals surface area contributed by atoms with Crippen LogP contribution >= 0.6 is 0 Å². The van der Waals surface area contributed by atoms with Crippen molar-refractivity contribution in [2.24, 2.45) is 0 Å². The average Bonchev–Trinajstić information content (AvgIpc) is 1.95. The topological polar surface area (TPSA) is 37.3 Å². The normalized spacial score (nSPS) is 20.2. The summed E-state index contributed by atoms with van der Waals surface area (Å²) in [5.41, 5.74) is 1.92. The molecule has 0 saturated carbocycles. The number of fused-ring (bicyclic) bond motifs is 1. The van der Waals surface area contributed by atoms with Gasteiger partial charge < -0.3 is 9.90 Å². The van der Waals surface area contributed by atoms with Gasteiger partial charge in [-0.2, -0.15) is 0 Å². The lowest BCUT2D eigenvalue weighted by Crippen LogP contribution is -2.17. The second kappa shape index (κ2) is 2.09. The van der Waals surface area contributed by atoms with E-state index in [0.717, 1.165) is 17.4 Å². The number of carbonyl (C=O) groups excluding carboxylic acids is 1. The van der Waals surface area contributed by atoms with Gasteiger partial charge in [-0.15, -0.1) is 0 Å². The van der Waals surface area contributed by atoms with Crippen LogP contribution in [0.25, 0.3) is 0 Å². The van der Waals surface area contributed by atoms with Crippen molar-refractivity contribution in [3.05, 3.63) is 29.3 Å². The van der Waals surface area contributed by atoms with Gasteiger partial charge in [-0.05, 0) is 23.6 Å². The number of aromatic hydroxyl groups is 1. The fourth-order valence-corrected chi connectivity index (χ4v) is 1.48. The summed E-state index contributed by atoms with van der Waals surface area (Å²) in [6.07, 6.45) is 1.63. The van der Waals surface area contributed by atoms with Gasteiger partial charge >= 0.3 is 0 Å².